The highest BCUT2D eigenvalue weighted by Gasteiger charge is 2.24. The van der Waals surface area contributed by atoms with Gasteiger partial charge in [-0.25, -0.2) is 0 Å². The summed E-state index contributed by atoms with van der Waals surface area (Å²) in [7, 11) is 4.19. The summed E-state index contributed by atoms with van der Waals surface area (Å²) in [5.74, 6) is 0.466. The lowest BCUT2D eigenvalue weighted by Gasteiger charge is -2.27. The minimum Gasteiger partial charge on any atom is -0.462 e. The van der Waals surface area contributed by atoms with Gasteiger partial charge in [-0.1, -0.05) is 95.8 Å². The van der Waals surface area contributed by atoms with E-state index in [1.807, 2.05) is 0 Å². The van der Waals surface area contributed by atoms with Crippen molar-refractivity contribution in [3.8, 4) is 0 Å². The standard InChI is InChI=1S/C38H71NO2/c1-6-9-12-15-18-21-23-26-31-36(32-27-24-22-19-16-13-10-7-2)37(33-28-25-20-17-14-11-8-3)41-38(40)34-29-30-35-39(4)5/h18-22,25,36-37H,6-17,23-24,26-35H2,1-5H3/b21-18-,22-19-,25-20-. The molecule has 1 unspecified atom stereocenters. The summed E-state index contributed by atoms with van der Waals surface area (Å²) in [5.41, 5.74) is 0. The average Bonchev–Trinajstić information content (AvgIpc) is 2.95. The van der Waals surface area contributed by atoms with Gasteiger partial charge in [-0.15, -0.1) is 0 Å². The summed E-state index contributed by atoms with van der Waals surface area (Å²) in [6, 6.07) is 0. The van der Waals surface area contributed by atoms with Crippen LogP contribution in [0.2, 0.25) is 0 Å². The number of rotatable bonds is 30. The van der Waals surface area contributed by atoms with E-state index >= 15 is 0 Å². The first-order chi connectivity index (χ1) is 20.0. The Bertz CT molecular complexity index is 610. The van der Waals surface area contributed by atoms with Gasteiger partial charge < -0.3 is 9.64 Å². The van der Waals surface area contributed by atoms with Crippen molar-refractivity contribution < 1.29 is 9.53 Å². The van der Waals surface area contributed by atoms with E-state index in [9.17, 15) is 4.79 Å². The predicted octanol–water partition coefficient (Wildman–Crippen LogP) is 11.8. The molecule has 0 aliphatic rings. The number of hydrogen-bond donors (Lipinski definition) is 0. The molecule has 1 atom stereocenters. The second-order valence-corrected chi connectivity index (χ2v) is 12.4. The zero-order valence-corrected chi connectivity index (χ0v) is 28.4. The van der Waals surface area contributed by atoms with Crippen LogP contribution in [-0.4, -0.2) is 37.6 Å². The monoisotopic (exact) mass is 574 g/mol. The Kier molecular flexibility index (Phi) is 30.5. The minimum atomic E-state index is 0.0114. The van der Waals surface area contributed by atoms with Gasteiger partial charge in [0.05, 0.1) is 0 Å². The second kappa shape index (κ2) is 31.6. The van der Waals surface area contributed by atoms with Crippen molar-refractivity contribution in [3.63, 3.8) is 0 Å². The number of hydrogen-bond acceptors (Lipinski definition) is 3. The van der Waals surface area contributed by atoms with E-state index in [1.54, 1.807) is 0 Å². The van der Waals surface area contributed by atoms with Crippen LogP contribution in [0, 0.1) is 5.92 Å². The van der Waals surface area contributed by atoms with Crippen LogP contribution in [0.4, 0.5) is 0 Å². The van der Waals surface area contributed by atoms with E-state index in [0.29, 0.717) is 12.3 Å². The van der Waals surface area contributed by atoms with Gasteiger partial charge in [0.1, 0.15) is 6.10 Å². The molecule has 0 fully saturated rings. The van der Waals surface area contributed by atoms with E-state index in [0.717, 1.165) is 57.9 Å². The van der Waals surface area contributed by atoms with Gasteiger partial charge in [-0.05, 0) is 129 Å². The van der Waals surface area contributed by atoms with Gasteiger partial charge in [-0.2, -0.15) is 0 Å². The molecule has 41 heavy (non-hydrogen) atoms. The van der Waals surface area contributed by atoms with Crippen LogP contribution in [0.15, 0.2) is 36.5 Å². The van der Waals surface area contributed by atoms with Gasteiger partial charge in [0.15, 0.2) is 0 Å². The zero-order valence-electron chi connectivity index (χ0n) is 28.4. The Morgan fingerprint density at radius 3 is 1.44 bits per heavy atom. The van der Waals surface area contributed by atoms with Gasteiger partial charge in [-0.3, -0.25) is 4.79 Å². The highest BCUT2D eigenvalue weighted by Crippen LogP contribution is 2.27. The number of ether oxygens (including phenoxy) is 1. The Morgan fingerprint density at radius 2 is 1.00 bits per heavy atom. The highest BCUT2D eigenvalue weighted by atomic mass is 16.5. The molecule has 0 saturated heterocycles. The third-order valence-corrected chi connectivity index (χ3v) is 7.98. The molecule has 0 aromatic carbocycles. The molecule has 0 aliphatic carbocycles. The van der Waals surface area contributed by atoms with Crippen LogP contribution in [0.25, 0.3) is 0 Å². The van der Waals surface area contributed by atoms with Gasteiger partial charge >= 0.3 is 5.97 Å². The topological polar surface area (TPSA) is 29.5 Å². The van der Waals surface area contributed by atoms with E-state index in [1.165, 1.54) is 89.9 Å². The number of nitrogens with zero attached hydrogens (tertiary/aromatic N) is 1. The molecular formula is C38H71NO2. The summed E-state index contributed by atoms with van der Waals surface area (Å²) in [4.78, 5) is 15.1. The first kappa shape index (κ1) is 39.6. The van der Waals surface area contributed by atoms with Crippen molar-refractivity contribution in [1.29, 1.82) is 0 Å². The van der Waals surface area contributed by atoms with Crippen LogP contribution in [-0.2, 0) is 9.53 Å². The molecule has 0 rings (SSSR count). The Hall–Kier alpha value is -1.35. The van der Waals surface area contributed by atoms with Crippen molar-refractivity contribution >= 4 is 5.97 Å². The molecule has 0 amide bonds. The molecule has 0 aromatic rings. The fourth-order valence-electron chi connectivity index (χ4n) is 5.33. The zero-order chi connectivity index (χ0) is 30.2. The van der Waals surface area contributed by atoms with Crippen molar-refractivity contribution in [2.75, 3.05) is 20.6 Å². The van der Waals surface area contributed by atoms with Crippen molar-refractivity contribution in [3.05, 3.63) is 36.5 Å². The van der Waals surface area contributed by atoms with Crippen molar-refractivity contribution in [2.45, 2.75) is 175 Å². The Balaban J connectivity index is 5.14. The first-order valence-electron chi connectivity index (χ1n) is 17.8. The lowest BCUT2D eigenvalue weighted by molar-refractivity contribution is -0.152. The molecule has 0 saturated carbocycles. The SMILES string of the molecule is CCCCC/C=C\CCCC(CCC/C=C\CCCCC)C(CC/C=C\CCCCC)OC(=O)CCCCN(C)C. The number of carbonyl (C=O) groups excluding carboxylic acids is 1. The van der Waals surface area contributed by atoms with Crippen LogP contribution in [0.1, 0.15) is 168 Å². The quantitative estimate of drug-likeness (QED) is 0.0486. The highest BCUT2D eigenvalue weighted by molar-refractivity contribution is 5.69. The van der Waals surface area contributed by atoms with Gasteiger partial charge in [0, 0.05) is 6.42 Å². The summed E-state index contributed by atoms with van der Waals surface area (Å²) in [6.07, 6.45) is 41.0. The maximum absolute atomic E-state index is 12.9. The third-order valence-electron chi connectivity index (χ3n) is 7.98. The molecule has 0 N–H and O–H groups in total. The molecule has 240 valence electrons. The Morgan fingerprint density at radius 1 is 0.561 bits per heavy atom. The molecule has 0 spiro atoms. The maximum atomic E-state index is 12.9. The fraction of sp³-hybridized carbons (Fsp3) is 0.816. The summed E-state index contributed by atoms with van der Waals surface area (Å²) in [5, 5.41) is 0. The molecule has 0 heterocycles. The van der Waals surface area contributed by atoms with Crippen molar-refractivity contribution in [1.82, 2.24) is 4.90 Å². The van der Waals surface area contributed by atoms with Crippen LogP contribution in [0.3, 0.4) is 0 Å². The lowest BCUT2D eigenvalue weighted by Crippen LogP contribution is -2.27. The smallest absolute Gasteiger partial charge is 0.306 e. The molecule has 0 aromatic heterocycles. The summed E-state index contributed by atoms with van der Waals surface area (Å²) >= 11 is 0. The van der Waals surface area contributed by atoms with Crippen LogP contribution < -0.4 is 0 Å². The van der Waals surface area contributed by atoms with Crippen LogP contribution in [0.5, 0.6) is 0 Å². The van der Waals surface area contributed by atoms with Crippen molar-refractivity contribution in [2.24, 2.45) is 5.92 Å². The van der Waals surface area contributed by atoms with Crippen LogP contribution >= 0.6 is 0 Å². The lowest BCUT2D eigenvalue weighted by atomic mass is 9.88. The largest absolute Gasteiger partial charge is 0.462 e. The molecule has 3 heteroatoms. The van der Waals surface area contributed by atoms with Gasteiger partial charge in [0.25, 0.3) is 0 Å². The average molecular weight is 574 g/mol. The van der Waals surface area contributed by atoms with E-state index in [4.69, 9.17) is 4.74 Å². The normalized spacial score (nSPS) is 13.0. The summed E-state index contributed by atoms with van der Waals surface area (Å²) in [6.45, 7) is 7.82. The number of allylic oxidation sites excluding steroid dienone is 6. The molecule has 0 bridgehead atoms. The number of esters is 1. The fourth-order valence-corrected chi connectivity index (χ4v) is 5.33. The molecule has 0 radical (unpaired) electrons. The van der Waals surface area contributed by atoms with E-state index in [-0.39, 0.29) is 12.1 Å². The Labute approximate surface area is 257 Å². The third kappa shape index (κ3) is 28.5. The molecule has 0 aliphatic heterocycles. The van der Waals surface area contributed by atoms with E-state index < -0.39 is 0 Å². The van der Waals surface area contributed by atoms with E-state index in [2.05, 4.69) is 76.2 Å². The first-order valence-corrected chi connectivity index (χ1v) is 17.8. The number of unbranched alkanes of at least 4 members (excludes halogenated alkanes) is 12. The minimum absolute atomic E-state index is 0.0114. The maximum Gasteiger partial charge on any atom is 0.306 e. The predicted molar refractivity (Wildman–Crippen MR) is 183 cm³/mol. The summed E-state index contributed by atoms with van der Waals surface area (Å²) < 4.78 is 6.29. The molecule has 3 nitrogen and oxygen atoms in total. The molecular weight excluding hydrogens is 502 g/mol. The van der Waals surface area contributed by atoms with Gasteiger partial charge in [0.2, 0.25) is 0 Å². The second-order valence-electron chi connectivity index (χ2n) is 12.4. The number of carbonyl (C=O) groups is 1.